The smallest absolute Gasteiger partial charge is 0.213 e. The Kier molecular flexibility index (Phi) is 6.72. The van der Waals surface area contributed by atoms with Crippen LogP contribution in [0.5, 0.6) is 11.8 Å². The lowest BCUT2D eigenvalue weighted by atomic mass is 9.87. The number of Topliss-reactive ketones (excluding diaryl/α,β-unsaturated/α-hetero) is 1. The molecular weight excluding hydrogens is 328 g/mol. The van der Waals surface area contributed by atoms with Gasteiger partial charge in [-0.15, -0.1) is 0 Å². The fourth-order valence-electron chi connectivity index (χ4n) is 2.62. The van der Waals surface area contributed by atoms with Crippen molar-refractivity contribution < 1.29 is 14.3 Å². The van der Waals surface area contributed by atoms with E-state index >= 15 is 0 Å². The number of carbonyl (C=O) groups is 1. The zero-order chi connectivity index (χ0) is 19.3. The molecule has 0 aliphatic rings. The van der Waals surface area contributed by atoms with Gasteiger partial charge in [0, 0.05) is 36.4 Å². The summed E-state index contributed by atoms with van der Waals surface area (Å²) in [5.41, 5.74) is 1.76. The Morgan fingerprint density at radius 1 is 0.731 bits per heavy atom. The average molecular weight is 356 g/mol. The van der Waals surface area contributed by atoms with Crippen LogP contribution in [0.1, 0.15) is 64.5 Å². The van der Waals surface area contributed by atoms with E-state index in [4.69, 9.17) is 9.47 Å². The quantitative estimate of drug-likeness (QED) is 0.695. The molecule has 2 atom stereocenters. The van der Waals surface area contributed by atoms with Gasteiger partial charge in [0.1, 0.15) is 5.78 Å². The molecule has 5 nitrogen and oxygen atoms in total. The molecule has 26 heavy (non-hydrogen) atoms. The molecule has 2 unspecified atom stereocenters. The normalized spacial score (nSPS) is 13.5. The van der Waals surface area contributed by atoms with Crippen LogP contribution in [0, 0.1) is 0 Å². The molecule has 0 spiro atoms. The van der Waals surface area contributed by atoms with Crippen molar-refractivity contribution in [3.8, 4) is 11.8 Å². The van der Waals surface area contributed by atoms with E-state index in [0.29, 0.717) is 11.8 Å². The number of pyridine rings is 2. The standard InChI is InChI=1S/C21H28N2O3/c1-13(2)25-19-9-7-17(11-22-19)15(5)21(24)16(6)18-8-10-20(23-12-18)26-14(3)4/h7-16H,1-6H3. The summed E-state index contributed by atoms with van der Waals surface area (Å²) in [6.45, 7) is 11.6. The average Bonchev–Trinajstić information content (AvgIpc) is 2.60. The fourth-order valence-corrected chi connectivity index (χ4v) is 2.62. The summed E-state index contributed by atoms with van der Waals surface area (Å²) in [5.74, 6) is 0.765. The maximum Gasteiger partial charge on any atom is 0.213 e. The van der Waals surface area contributed by atoms with Crippen molar-refractivity contribution in [2.24, 2.45) is 0 Å². The van der Waals surface area contributed by atoms with Crippen molar-refractivity contribution in [2.45, 2.75) is 65.6 Å². The van der Waals surface area contributed by atoms with Gasteiger partial charge in [-0.3, -0.25) is 4.79 Å². The molecule has 0 N–H and O–H groups in total. The van der Waals surface area contributed by atoms with E-state index in [0.717, 1.165) is 11.1 Å². The van der Waals surface area contributed by atoms with E-state index in [-0.39, 0.29) is 29.8 Å². The first kappa shape index (κ1) is 19.9. The topological polar surface area (TPSA) is 61.3 Å². The summed E-state index contributed by atoms with van der Waals surface area (Å²) in [6, 6.07) is 7.42. The molecule has 0 aromatic carbocycles. The summed E-state index contributed by atoms with van der Waals surface area (Å²) >= 11 is 0. The van der Waals surface area contributed by atoms with E-state index in [9.17, 15) is 4.79 Å². The van der Waals surface area contributed by atoms with Crippen molar-refractivity contribution in [3.05, 3.63) is 47.8 Å². The van der Waals surface area contributed by atoms with Crippen LogP contribution in [0.4, 0.5) is 0 Å². The third-order valence-corrected chi connectivity index (χ3v) is 4.08. The van der Waals surface area contributed by atoms with E-state index in [1.807, 2.05) is 65.8 Å². The maximum atomic E-state index is 12.9. The highest BCUT2D eigenvalue weighted by molar-refractivity contribution is 5.91. The van der Waals surface area contributed by atoms with Crippen LogP contribution in [0.3, 0.4) is 0 Å². The Balaban J connectivity index is 2.06. The van der Waals surface area contributed by atoms with Crippen LogP contribution in [0.2, 0.25) is 0 Å². The van der Waals surface area contributed by atoms with Crippen molar-refractivity contribution in [2.75, 3.05) is 0 Å². The molecule has 2 aromatic heterocycles. The minimum Gasteiger partial charge on any atom is -0.475 e. The van der Waals surface area contributed by atoms with Crippen LogP contribution in [0.25, 0.3) is 0 Å². The Bertz CT molecular complexity index is 648. The molecule has 0 radical (unpaired) electrons. The zero-order valence-corrected chi connectivity index (χ0v) is 16.4. The predicted octanol–water partition coefficient (Wildman–Crippen LogP) is 4.53. The van der Waals surface area contributed by atoms with Gasteiger partial charge in [0.05, 0.1) is 12.2 Å². The fraction of sp³-hybridized carbons (Fsp3) is 0.476. The molecule has 2 aromatic rings. The largest absolute Gasteiger partial charge is 0.475 e. The minimum absolute atomic E-state index is 0.0718. The maximum absolute atomic E-state index is 12.9. The molecule has 0 aliphatic heterocycles. The van der Waals surface area contributed by atoms with Crippen LogP contribution >= 0.6 is 0 Å². The van der Waals surface area contributed by atoms with Crippen LogP contribution in [-0.4, -0.2) is 28.0 Å². The summed E-state index contributed by atoms with van der Waals surface area (Å²) in [6.07, 6.45) is 3.57. The van der Waals surface area contributed by atoms with Crippen molar-refractivity contribution >= 4 is 5.78 Å². The molecule has 140 valence electrons. The molecule has 0 saturated carbocycles. The van der Waals surface area contributed by atoms with Gasteiger partial charge in [0.2, 0.25) is 11.8 Å². The molecule has 0 bridgehead atoms. The Hall–Kier alpha value is -2.43. The van der Waals surface area contributed by atoms with Gasteiger partial charge in [-0.1, -0.05) is 26.0 Å². The zero-order valence-electron chi connectivity index (χ0n) is 16.4. The van der Waals surface area contributed by atoms with Gasteiger partial charge in [0.15, 0.2) is 0 Å². The first-order valence-corrected chi connectivity index (χ1v) is 9.06. The first-order valence-electron chi connectivity index (χ1n) is 9.06. The Labute approximate surface area is 155 Å². The third-order valence-electron chi connectivity index (χ3n) is 4.08. The van der Waals surface area contributed by atoms with E-state index in [1.165, 1.54) is 0 Å². The van der Waals surface area contributed by atoms with Crippen LogP contribution in [0.15, 0.2) is 36.7 Å². The molecule has 5 heteroatoms. The van der Waals surface area contributed by atoms with Crippen LogP contribution < -0.4 is 9.47 Å². The minimum atomic E-state index is -0.253. The molecular formula is C21H28N2O3. The van der Waals surface area contributed by atoms with Gasteiger partial charge >= 0.3 is 0 Å². The lowest BCUT2D eigenvalue weighted by molar-refractivity contribution is -0.121. The van der Waals surface area contributed by atoms with Gasteiger partial charge in [-0.2, -0.15) is 0 Å². The monoisotopic (exact) mass is 356 g/mol. The number of nitrogens with zero attached hydrogens (tertiary/aromatic N) is 2. The molecule has 0 fully saturated rings. The van der Waals surface area contributed by atoms with Gasteiger partial charge < -0.3 is 9.47 Å². The second-order valence-corrected chi connectivity index (χ2v) is 7.04. The highest BCUT2D eigenvalue weighted by atomic mass is 16.5. The summed E-state index contributed by atoms with van der Waals surface area (Å²) in [7, 11) is 0. The second kappa shape index (κ2) is 8.79. The van der Waals surface area contributed by atoms with Gasteiger partial charge in [0.25, 0.3) is 0 Å². The molecule has 2 heterocycles. The highest BCUT2D eigenvalue weighted by Gasteiger charge is 2.23. The van der Waals surface area contributed by atoms with Crippen molar-refractivity contribution in [1.29, 1.82) is 0 Å². The lowest BCUT2D eigenvalue weighted by Crippen LogP contribution is -2.17. The molecule has 2 rings (SSSR count). The number of carbonyl (C=O) groups excluding carboxylic acids is 1. The molecule has 0 amide bonds. The first-order chi connectivity index (χ1) is 12.3. The summed E-state index contributed by atoms with van der Waals surface area (Å²) in [4.78, 5) is 21.4. The number of hydrogen-bond acceptors (Lipinski definition) is 5. The lowest BCUT2D eigenvalue weighted by Gasteiger charge is -2.17. The predicted molar refractivity (Wildman–Crippen MR) is 102 cm³/mol. The van der Waals surface area contributed by atoms with E-state index in [1.54, 1.807) is 12.4 Å². The highest BCUT2D eigenvalue weighted by Crippen LogP contribution is 2.27. The van der Waals surface area contributed by atoms with E-state index < -0.39 is 0 Å². The Morgan fingerprint density at radius 3 is 1.38 bits per heavy atom. The van der Waals surface area contributed by atoms with Gasteiger partial charge in [-0.05, 0) is 38.8 Å². The number of hydrogen-bond donors (Lipinski definition) is 0. The molecule has 0 aliphatic carbocycles. The second-order valence-electron chi connectivity index (χ2n) is 7.04. The summed E-state index contributed by atoms with van der Waals surface area (Å²) in [5, 5.41) is 0. The van der Waals surface area contributed by atoms with Crippen molar-refractivity contribution in [1.82, 2.24) is 9.97 Å². The van der Waals surface area contributed by atoms with Crippen molar-refractivity contribution in [3.63, 3.8) is 0 Å². The van der Waals surface area contributed by atoms with Gasteiger partial charge in [-0.25, -0.2) is 9.97 Å². The number of rotatable bonds is 8. The van der Waals surface area contributed by atoms with Crippen LogP contribution in [-0.2, 0) is 4.79 Å². The number of aromatic nitrogens is 2. The Morgan fingerprint density at radius 2 is 1.12 bits per heavy atom. The summed E-state index contributed by atoms with van der Waals surface area (Å²) < 4.78 is 11.1. The number of ketones is 1. The number of ether oxygens (including phenoxy) is 2. The molecule has 0 saturated heterocycles. The van der Waals surface area contributed by atoms with E-state index in [2.05, 4.69) is 9.97 Å². The SMILES string of the molecule is CC(C)Oc1ccc(C(C)C(=O)C(C)c2ccc(OC(C)C)nc2)cn1. The third kappa shape index (κ3) is 5.28.